The van der Waals surface area contributed by atoms with Gasteiger partial charge in [-0.25, -0.2) is 4.79 Å². The Bertz CT molecular complexity index is 1060. The van der Waals surface area contributed by atoms with Crippen LogP contribution < -0.4 is 5.32 Å². The fraction of sp³-hybridized carbons (Fsp3) is 0.348. The zero-order chi connectivity index (χ0) is 23.7. The fourth-order valence-electron chi connectivity index (χ4n) is 3.65. The van der Waals surface area contributed by atoms with Crippen LogP contribution >= 0.6 is 0 Å². The lowest BCUT2D eigenvalue weighted by Gasteiger charge is -2.36. The summed E-state index contributed by atoms with van der Waals surface area (Å²) in [6.07, 6.45) is 0. The third kappa shape index (κ3) is 4.46. The van der Waals surface area contributed by atoms with Gasteiger partial charge in [-0.1, -0.05) is 42.5 Å². The largest absolute Gasteiger partial charge is 0.332 e. The third-order valence-electron chi connectivity index (χ3n) is 5.50. The smallest absolute Gasteiger partial charge is 0.325 e. The van der Waals surface area contributed by atoms with E-state index in [2.05, 4.69) is 5.32 Å². The highest BCUT2D eigenvalue weighted by atomic mass is 16.6. The molecule has 2 aromatic rings. The van der Waals surface area contributed by atoms with Crippen molar-refractivity contribution in [3.8, 4) is 0 Å². The van der Waals surface area contributed by atoms with Crippen LogP contribution in [0.4, 0.5) is 10.5 Å². The molecule has 1 heterocycles. The van der Waals surface area contributed by atoms with E-state index in [1.54, 1.807) is 4.90 Å². The third-order valence-corrected chi connectivity index (χ3v) is 5.50. The maximum absolute atomic E-state index is 13.2. The Morgan fingerprint density at radius 3 is 2.38 bits per heavy atom. The fourth-order valence-corrected chi connectivity index (χ4v) is 3.65. The molecule has 0 saturated carbocycles. The van der Waals surface area contributed by atoms with Crippen LogP contribution in [-0.4, -0.2) is 44.7 Å². The number of hydrogen-bond donors (Lipinski definition) is 1. The van der Waals surface area contributed by atoms with E-state index < -0.39 is 34.5 Å². The van der Waals surface area contributed by atoms with Crippen molar-refractivity contribution in [1.82, 2.24) is 15.1 Å². The molecule has 9 heteroatoms. The van der Waals surface area contributed by atoms with Crippen LogP contribution in [-0.2, 0) is 21.7 Å². The molecular formula is C23H26N4O5. The van der Waals surface area contributed by atoms with Crippen molar-refractivity contribution in [3.05, 3.63) is 75.8 Å². The normalized spacial score (nSPS) is 18.4. The number of rotatable bonds is 6. The van der Waals surface area contributed by atoms with E-state index in [4.69, 9.17) is 0 Å². The molecule has 0 aromatic heterocycles. The highest BCUT2D eigenvalue weighted by molar-refractivity contribution is 6.09. The van der Waals surface area contributed by atoms with Gasteiger partial charge in [-0.15, -0.1) is 0 Å². The van der Waals surface area contributed by atoms with Gasteiger partial charge in [0.25, 0.3) is 11.6 Å². The van der Waals surface area contributed by atoms with Gasteiger partial charge in [-0.2, -0.15) is 0 Å². The van der Waals surface area contributed by atoms with Crippen LogP contribution in [0.5, 0.6) is 0 Å². The Morgan fingerprint density at radius 1 is 1.12 bits per heavy atom. The number of non-ortho nitro benzene ring substituents is 1. The molecule has 0 radical (unpaired) electrons. The van der Waals surface area contributed by atoms with Gasteiger partial charge in [0.2, 0.25) is 5.91 Å². The van der Waals surface area contributed by atoms with Gasteiger partial charge in [-0.05, 0) is 38.8 Å². The standard InChI is InChI=1S/C23H26N4O5/c1-22(2,3)26(14-16-9-6-5-7-10-16)19(28)15-25-20(29)23(4,24-21(25)30)17-11-8-12-18(13-17)27(31)32/h5-13H,14-15H2,1-4H3,(H,24,30). The number of amides is 4. The monoisotopic (exact) mass is 438 g/mol. The van der Waals surface area contributed by atoms with Crippen molar-refractivity contribution in [3.63, 3.8) is 0 Å². The molecule has 1 fully saturated rings. The molecule has 4 amide bonds. The summed E-state index contributed by atoms with van der Waals surface area (Å²) in [7, 11) is 0. The second-order valence-electron chi connectivity index (χ2n) is 8.89. The molecule has 1 N–H and O–H groups in total. The van der Waals surface area contributed by atoms with E-state index in [0.29, 0.717) is 6.54 Å². The summed E-state index contributed by atoms with van der Waals surface area (Å²) in [6.45, 7) is 7.02. The Balaban J connectivity index is 1.84. The lowest BCUT2D eigenvalue weighted by atomic mass is 9.91. The lowest BCUT2D eigenvalue weighted by molar-refractivity contribution is -0.385. The lowest BCUT2D eigenvalue weighted by Crippen LogP contribution is -2.50. The van der Waals surface area contributed by atoms with Crippen molar-refractivity contribution in [2.75, 3.05) is 6.54 Å². The Hall–Kier alpha value is -3.75. The summed E-state index contributed by atoms with van der Waals surface area (Å²) in [5, 5.41) is 13.7. The second kappa shape index (κ2) is 8.41. The number of carbonyl (C=O) groups excluding carboxylic acids is 3. The average molecular weight is 438 g/mol. The minimum atomic E-state index is -1.50. The highest BCUT2D eigenvalue weighted by Gasteiger charge is 2.50. The Morgan fingerprint density at radius 2 is 1.78 bits per heavy atom. The predicted molar refractivity (Wildman–Crippen MR) is 117 cm³/mol. The minimum Gasteiger partial charge on any atom is -0.332 e. The molecule has 168 valence electrons. The molecule has 3 rings (SSSR count). The maximum Gasteiger partial charge on any atom is 0.325 e. The first-order valence-corrected chi connectivity index (χ1v) is 10.2. The van der Waals surface area contributed by atoms with E-state index in [-0.39, 0.29) is 17.2 Å². The van der Waals surface area contributed by atoms with Crippen LogP contribution in [0.2, 0.25) is 0 Å². The zero-order valence-electron chi connectivity index (χ0n) is 18.5. The topological polar surface area (TPSA) is 113 Å². The van der Waals surface area contributed by atoms with E-state index in [0.717, 1.165) is 10.5 Å². The number of benzene rings is 2. The number of urea groups is 1. The summed E-state index contributed by atoms with van der Waals surface area (Å²) >= 11 is 0. The van der Waals surface area contributed by atoms with E-state index in [1.807, 2.05) is 51.1 Å². The number of imide groups is 1. The van der Waals surface area contributed by atoms with Gasteiger partial charge in [0.1, 0.15) is 12.1 Å². The van der Waals surface area contributed by atoms with E-state index in [9.17, 15) is 24.5 Å². The molecular weight excluding hydrogens is 412 g/mol. The number of carbonyl (C=O) groups is 3. The maximum atomic E-state index is 13.2. The van der Waals surface area contributed by atoms with Crippen molar-refractivity contribution < 1.29 is 19.3 Å². The average Bonchev–Trinajstić information content (AvgIpc) is 2.96. The van der Waals surface area contributed by atoms with Crippen LogP contribution in [0.25, 0.3) is 0 Å². The van der Waals surface area contributed by atoms with Crippen molar-refractivity contribution in [2.24, 2.45) is 0 Å². The first-order valence-electron chi connectivity index (χ1n) is 10.2. The Kier molecular flexibility index (Phi) is 6.03. The molecule has 9 nitrogen and oxygen atoms in total. The number of nitrogens with one attached hydrogen (secondary N) is 1. The van der Waals surface area contributed by atoms with Gasteiger partial charge in [0.15, 0.2) is 0 Å². The van der Waals surface area contributed by atoms with Crippen LogP contribution in [0.1, 0.15) is 38.8 Å². The molecule has 0 bridgehead atoms. The summed E-state index contributed by atoms with van der Waals surface area (Å²) in [5.41, 5.74) is -1.04. The second-order valence-corrected chi connectivity index (χ2v) is 8.89. The number of nitrogens with zero attached hydrogens (tertiary/aromatic N) is 3. The van der Waals surface area contributed by atoms with Crippen molar-refractivity contribution in [1.29, 1.82) is 0 Å². The van der Waals surface area contributed by atoms with Crippen molar-refractivity contribution >= 4 is 23.5 Å². The zero-order valence-corrected chi connectivity index (χ0v) is 18.5. The predicted octanol–water partition coefficient (Wildman–Crippen LogP) is 3.19. The molecule has 1 unspecified atom stereocenters. The molecule has 0 spiro atoms. The van der Waals surface area contributed by atoms with Crippen LogP contribution in [0.3, 0.4) is 0 Å². The van der Waals surface area contributed by atoms with Gasteiger partial charge in [-0.3, -0.25) is 24.6 Å². The molecule has 1 atom stereocenters. The summed E-state index contributed by atoms with van der Waals surface area (Å²) in [6, 6.07) is 14.3. The molecule has 32 heavy (non-hydrogen) atoms. The van der Waals surface area contributed by atoms with Gasteiger partial charge in [0.05, 0.1) is 4.92 Å². The molecule has 1 aliphatic rings. The van der Waals surface area contributed by atoms with Gasteiger partial charge in [0, 0.05) is 24.2 Å². The molecule has 0 aliphatic carbocycles. The minimum absolute atomic E-state index is 0.193. The Labute approximate surface area is 186 Å². The summed E-state index contributed by atoms with van der Waals surface area (Å²) in [4.78, 5) is 52.1. The van der Waals surface area contributed by atoms with E-state index >= 15 is 0 Å². The number of nitro benzene ring substituents is 1. The first-order chi connectivity index (χ1) is 14.9. The first kappa shape index (κ1) is 22.9. The highest BCUT2D eigenvalue weighted by Crippen LogP contribution is 2.31. The van der Waals surface area contributed by atoms with E-state index in [1.165, 1.54) is 31.2 Å². The summed E-state index contributed by atoms with van der Waals surface area (Å²) in [5.74, 6) is -1.02. The van der Waals surface area contributed by atoms with Gasteiger partial charge < -0.3 is 10.2 Å². The summed E-state index contributed by atoms with van der Waals surface area (Å²) < 4.78 is 0. The molecule has 1 aliphatic heterocycles. The quantitative estimate of drug-likeness (QED) is 0.423. The number of nitro groups is 1. The molecule has 2 aromatic carbocycles. The number of hydrogen-bond acceptors (Lipinski definition) is 5. The molecule has 1 saturated heterocycles. The van der Waals surface area contributed by atoms with Gasteiger partial charge >= 0.3 is 6.03 Å². The van der Waals surface area contributed by atoms with Crippen LogP contribution in [0.15, 0.2) is 54.6 Å². The van der Waals surface area contributed by atoms with Crippen LogP contribution in [0, 0.1) is 10.1 Å². The van der Waals surface area contributed by atoms with Crippen molar-refractivity contribution in [2.45, 2.75) is 45.3 Å². The SMILES string of the molecule is CC1(c2cccc([N+](=O)[O-])c2)NC(=O)N(CC(=O)N(Cc2ccccc2)C(C)(C)C)C1=O.